The van der Waals surface area contributed by atoms with Crippen molar-refractivity contribution in [2.75, 3.05) is 12.4 Å². The average Bonchev–Trinajstić information content (AvgIpc) is 3.48. The Bertz CT molecular complexity index is 1220. The summed E-state index contributed by atoms with van der Waals surface area (Å²) in [6.07, 6.45) is 0.102. The number of benzene rings is 2. The van der Waals surface area contributed by atoms with Crippen LogP contribution in [0.5, 0.6) is 0 Å². The smallest absolute Gasteiger partial charge is 0.418 e. The summed E-state index contributed by atoms with van der Waals surface area (Å²) in [6, 6.07) is 14.0. The number of carbonyl (C=O) groups excluding carboxylic acids is 3. The molecule has 0 saturated carbocycles. The van der Waals surface area contributed by atoms with Gasteiger partial charge in [-0.3, -0.25) is 4.79 Å². The number of aromatic nitrogens is 2. The third-order valence-corrected chi connectivity index (χ3v) is 5.63. The maximum absolute atomic E-state index is 13.3. The molecule has 32 heavy (non-hydrogen) atoms. The van der Waals surface area contributed by atoms with E-state index in [1.54, 1.807) is 18.2 Å². The van der Waals surface area contributed by atoms with Crippen LogP contribution < -0.4 is 10.6 Å². The first-order valence-corrected chi connectivity index (χ1v) is 10.0. The van der Waals surface area contributed by atoms with Crippen LogP contribution in [0.25, 0.3) is 11.5 Å². The van der Waals surface area contributed by atoms with Gasteiger partial charge in [0, 0.05) is 30.3 Å². The molecule has 1 saturated heterocycles. The Hall–Kier alpha value is -4.21. The molecule has 10 nitrogen and oxygen atoms in total. The van der Waals surface area contributed by atoms with E-state index in [2.05, 4.69) is 20.8 Å². The van der Waals surface area contributed by atoms with Gasteiger partial charge < -0.3 is 19.8 Å². The summed E-state index contributed by atoms with van der Waals surface area (Å²) >= 11 is 0. The Kier molecular flexibility index (Phi) is 4.62. The number of hydrogen-bond donors (Lipinski definition) is 2. The van der Waals surface area contributed by atoms with Crippen LogP contribution >= 0.6 is 0 Å². The molecule has 10 heteroatoms. The van der Waals surface area contributed by atoms with E-state index in [1.807, 2.05) is 30.3 Å². The molecule has 1 atom stereocenters. The van der Waals surface area contributed by atoms with Gasteiger partial charge in [-0.25, -0.2) is 14.5 Å². The van der Waals surface area contributed by atoms with Gasteiger partial charge in [0.05, 0.1) is 0 Å². The van der Waals surface area contributed by atoms with Crippen LogP contribution in [0.3, 0.4) is 0 Å². The van der Waals surface area contributed by atoms with E-state index < -0.39 is 17.6 Å². The van der Waals surface area contributed by atoms with Crippen molar-refractivity contribution in [1.29, 1.82) is 0 Å². The molecule has 1 spiro atoms. The fourth-order valence-corrected chi connectivity index (χ4v) is 4.07. The first-order chi connectivity index (χ1) is 15.5. The van der Waals surface area contributed by atoms with Gasteiger partial charge in [0.15, 0.2) is 0 Å². The van der Waals surface area contributed by atoms with E-state index >= 15 is 0 Å². The molecule has 2 aromatic carbocycles. The predicted octanol–water partition coefficient (Wildman–Crippen LogP) is 2.81. The van der Waals surface area contributed by atoms with Gasteiger partial charge in [0.1, 0.15) is 6.54 Å². The highest BCUT2D eigenvalue weighted by molar-refractivity contribution is 6.04. The minimum Gasteiger partial charge on any atom is -0.427 e. The van der Waals surface area contributed by atoms with Crippen LogP contribution in [0.2, 0.25) is 0 Å². The second-order valence-corrected chi connectivity index (χ2v) is 7.53. The predicted molar refractivity (Wildman–Crippen MR) is 111 cm³/mol. The molecule has 0 bridgehead atoms. The first-order valence-electron chi connectivity index (χ1n) is 10.0. The summed E-state index contributed by atoms with van der Waals surface area (Å²) in [7, 11) is 1.52. The quantitative estimate of drug-likeness (QED) is 0.648. The van der Waals surface area contributed by atoms with E-state index in [0.717, 1.165) is 16.0 Å². The van der Waals surface area contributed by atoms with Crippen LogP contribution in [0.1, 0.15) is 23.4 Å². The topological polar surface area (TPSA) is 127 Å². The number of aryl methyl sites for hydroxylation is 1. The number of anilines is 1. The number of hydrogen-bond acceptors (Lipinski definition) is 7. The lowest BCUT2D eigenvalue weighted by molar-refractivity contribution is -0.138. The number of ether oxygens (including phenoxy) is 1. The van der Waals surface area contributed by atoms with Crippen molar-refractivity contribution in [3.63, 3.8) is 0 Å². The lowest BCUT2D eigenvalue weighted by atomic mass is 9.94. The van der Waals surface area contributed by atoms with E-state index in [-0.39, 0.29) is 18.5 Å². The molecule has 2 heterocycles. The molecule has 2 aliphatic rings. The highest BCUT2D eigenvalue weighted by atomic mass is 16.6. The monoisotopic (exact) mass is 433 g/mol. The molecule has 162 valence electrons. The summed E-state index contributed by atoms with van der Waals surface area (Å²) in [5.41, 5.74) is 1.42. The SMILES string of the molecule is CNC(=O)Nc1ccc2c(c1)CC[C@]21OC(=O)N(Cc2nnc(-c3ccccc3)o2)C1=O. The van der Waals surface area contributed by atoms with Crippen molar-refractivity contribution in [3.05, 3.63) is 65.5 Å². The molecule has 1 fully saturated rings. The van der Waals surface area contributed by atoms with E-state index in [1.165, 1.54) is 7.05 Å². The van der Waals surface area contributed by atoms with Crippen molar-refractivity contribution in [2.45, 2.75) is 25.0 Å². The van der Waals surface area contributed by atoms with Crippen LogP contribution in [-0.2, 0) is 28.1 Å². The molecule has 1 aromatic heterocycles. The molecule has 2 N–H and O–H groups in total. The highest BCUT2D eigenvalue weighted by Gasteiger charge is 2.58. The number of imide groups is 1. The Morgan fingerprint density at radius 1 is 1.16 bits per heavy atom. The summed E-state index contributed by atoms with van der Waals surface area (Å²) < 4.78 is 11.3. The molecule has 0 unspecified atom stereocenters. The molecule has 1 aliphatic carbocycles. The second kappa shape index (κ2) is 7.49. The second-order valence-electron chi connectivity index (χ2n) is 7.53. The minimum absolute atomic E-state index is 0.134. The molecular formula is C22H19N5O5. The van der Waals surface area contributed by atoms with Crippen LogP contribution in [-0.4, -0.2) is 40.2 Å². The van der Waals surface area contributed by atoms with Gasteiger partial charge in [-0.1, -0.05) is 24.3 Å². The summed E-state index contributed by atoms with van der Waals surface area (Å²) in [6.45, 7) is -0.176. The number of amides is 4. The van der Waals surface area contributed by atoms with Crippen LogP contribution in [0.15, 0.2) is 52.9 Å². The third-order valence-electron chi connectivity index (χ3n) is 5.63. The number of rotatable bonds is 4. The normalized spacial score (nSPS) is 19.2. The Morgan fingerprint density at radius 3 is 2.75 bits per heavy atom. The standard InChI is InChI=1S/C22H19N5O5/c1-23-20(29)24-15-7-8-16-14(11-15)9-10-22(16)19(28)27(21(30)32-22)12-17-25-26-18(31-17)13-5-3-2-4-6-13/h2-8,11H,9-10,12H2,1H3,(H2,23,24,29)/t22-/m0/s1. The van der Waals surface area contributed by atoms with E-state index in [9.17, 15) is 14.4 Å². The van der Waals surface area contributed by atoms with Crippen molar-refractivity contribution in [1.82, 2.24) is 20.4 Å². The van der Waals surface area contributed by atoms with Crippen LogP contribution in [0, 0.1) is 0 Å². The molecule has 1 aliphatic heterocycles. The largest absolute Gasteiger partial charge is 0.427 e. The summed E-state index contributed by atoms with van der Waals surface area (Å²) in [4.78, 5) is 38.5. The Balaban J connectivity index is 1.37. The fourth-order valence-electron chi connectivity index (χ4n) is 4.07. The van der Waals surface area contributed by atoms with Crippen molar-refractivity contribution in [3.8, 4) is 11.5 Å². The minimum atomic E-state index is -1.37. The zero-order chi connectivity index (χ0) is 22.3. The number of fused-ring (bicyclic) bond motifs is 2. The van der Waals surface area contributed by atoms with Crippen molar-refractivity contribution in [2.24, 2.45) is 0 Å². The van der Waals surface area contributed by atoms with Gasteiger partial charge in [0.25, 0.3) is 5.91 Å². The van der Waals surface area contributed by atoms with Gasteiger partial charge in [0.2, 0.25) is 17.4 Å². The maximum Gasteiger partial charge on any atom is 0.418 e. The number of nitrogens with one attached hydrogen (secondary N) is 2. The summed E-state index contributed by atoms with van der Waals surface area (Å²) in [5.74, 6) is -0.0278. The number of carbonyl (C=O) groups is 3. The zero-order valence-electron chi connectivity index (χ0n) is 17.1. The lowest BCUT2D eigenvalue weighted by Gasteiger charge is -2.20. The average molecular weight is 433 g/mol. The van der Waals surface area contributed by atoms with E-state index in [4.69, 9.17) is 9.15 Å². The molecule has 5 rings (SSSR count). The van der Waals surface area contributed by atoms with Crippen LogP contribution in [0.4, 0.5) is 15.3 Å². The first kappa shape index (κ1) is 19.7. The van der Waals surface area contributed by atoms with Crippen molar-refractivity contribution < 1.29 is 23.5 Å². The van der Waals surface area contributed by atoms with Crippen molar-refractivity contribution >= 4 is 23.7 Å². The van der Waals surface area contributed by atoms with Gasteiger partial charge in [-0.2, -0.15) is 0 Å². The summed E-state index contributed by atoms with van der Waals surface area (Å²) in [5, 5.41) is 13.1. The Labute approximate surface area is 182 Å². The molecule has 3 aromatic rings. The highest BCUT2D eigenvalue weighted by Crippen LogP contribution is 2.46. The Morgan fingerprint density at radius 2 is 1.97 bits per heavy atom. The van der Waals surface area contributed by atoms with E-state index in [0.29, 0.717) is 30.0 Å². The maximum atomic E-state index is 13.3. The van der Waals surface area contributed by atoms with Gasteiger partial charge in [-0.15, -0.1) is 10.2 Å². The van der Waals surface area contributed by atoms with Gasteiger partial charge >= 0.3 is 12.1 Å². The third kappa shape index (κ3) is 3.16. The lowest BCUT2D eigenvalue weighted by Crippen LogP contribution is -2.37. The number of nitrogens with zero attached hydrogens (tertiary/aromatic N) is 3. The number of urea groups is 1. The van der Waals surface area contributed by atoms with Gasteiger partial charge in [-0.05, 0) is 36.2 Å². The zero-order valence-corrected chi connectivity index (χ0v) is 17.1. The molecular weight excluding hydrogens is 414 g/mol. The molecule has 0 radical (unpaired) electrons. The fraction of sp³-hybridized carbons (Fsp3) is 0.227. The molecule has 4 amide bonds.